The Morgan fingerprint density at radius 1 is 0.964 bits per heavy atom. The number of carboxylic acids is 1. The molecule has 0 aromatic heterocycles. The summed E-state index contributed by atoms with van der Waals surface area (Å²) in [7, 11) is -4.12. The van der Waals surface area contributed by atoms with Crippen molar-refractivity contribution in [3.63, 3.8) is 0 Å². The van der Waals surface area contributed by atoms with Crippen molar-refractivity contribution in [2.45, 2.75) is 4.90 Å². The number of aromatic carboxylic acids is 1. The molecule has 0 unspecified atom stereocenters. The molecule has 0 aliphatic rings. The maximum atomic E-state index is 14.0. The monoisotopic (exact) mass is 405 g/mol. The molecule has 144 valence electrons. The van der Waals surface area contributed by atoms with Crippen LogP contribution in [0, 0.1) is 11.6 Å². The minimum Gasteiger partial charge on any atom is -0.507 e. The van der Waals surface area contributed by atoms with Gasteiger partial charge in [0.1, 0.15) is 22.9 Å². The SMILES string of the molecule is O=C(O)c1ccc(NS(=O)(=O)c2cccc(-c3ccc(F)cc3F)c2)cc1O. The van der Waals surface area contributed by atoms with Crippen LogP contribution in [-0.4, -0.2) is 24.6 Å². The van der Waals surface area contributed by atoms with Gasteiger partial charge in [-0.3, -0.25) is 4.72 Å². The van der Waals surface area contributed by atoms with Crippen LogP contribution in [0.2, 0.25) is 0 Å². The molecule has 0 saturated carbocycles. The van der Waals surface area contributed by atoms with Crippen LogP contribution in [0.4, 0.5) is 14.5 Å². The normalized spacial score (nSPS) is 11.2. The molecule has 28 heavy (non-hydrogen) atoms. The summed E-state index contributed by atoms with van der Waals surface area (Å²) >= 11 is 0. The van der Waals surface area contributed by atoms with Gasteiger partial charge in [0, 0.05) is 17.7 Å². The number of aromatic hydroxyl groups is 1. The van der Waals surface area contributed by atoms with Crippen molar-refractivity contribution in [1.82, 2.24) is 0 Å². The smallest absolute Gasteiger partial charge is 0.339 e. The zero-order valence-corrected chi connectivity index (χ0v) is 14.9. The average molecular weight is 405 g/mol. The van der Waals surface area contributed by atoms with E-state index in [1.54, 1.807) is 0 Å². The van der Waals surface area contributed by atoms with E-state index in [2.05, 4.69) is 4.72 Å². The number of benzene rings is 3. The van der Waals surface area contributed by atoms with Crippen LogP contribution in [0.1, 0.15) is 10.4 Å². The summed E-state index contributed by atoms with van der Waals surface area (Å²) in [6.07, 6.45) is 0. The van der Waals surface area contributed by atoms with E-state index >= 15 is 0 Å². The third-order valence-electron chi connectivity index (χ3n) is 3.87. The van der Waals surface area contributed by atoms with E-state index in [1.807, 2.05) is 0 Å². The van der Waals surface area contributed by atoms with Gasteiger partial charge in [-0.1, -0.05) is 12.1 Å². The molecule has 0 aliphatic heterocycles. The van der Waals surface area contributed by atoms with Crippen molar-refractivity contribution < 1.29 is 32.2 Å². The maximum absolute atomic E-state index is 14.0. The first-order valence-electron chi connectivity index (χ1n) is 7.82. The van der Waals surface area contributed by atoms with E-state index in [-0.39, 0.29) is 27.3 Å². The lowest BCUT2D eigenvalue weighted by Gasteiger charge is -2.11. The lowest BCUT2D eigenvalue weighted by Crippen LogP contribution is -2.13. The third kappa shape index (κ3) is 3.94. The Morgan fingerprint density at radius 2 is 1.71 bits per heavy atom. The summed E-state index contributed by atoms with van der Waals surface area (Å²) in [4.78, 5) is 10.7. The predicted octanol–water partition coefficient (Wildman–Crippen LogP) is 3.84. The highest BCUT2D eigenvalue weighted by Gasteiger charge is 2.18. The lowest BCUT2D eigenvalue weighted by atomic mass is 10.1. The van der Waals surface area contributed by atoms with Crippen LogP contribution in [0.5, 0.6) is 5.75 Å². The minimum atomic E-state index is -4.12. The molecule has 6 nitrogen and oxygen atoms in total. The van der Waals surface area contributed by atoms with Crippen molar-refractivity contribution in [3.8, 4) is 16.9 Å². The second-order valence-electron chi connectivity index (χ2n) is 5.79. The van der Waals surface area contributed by atoms with Crippen molar-refractivity contribution in [2.24, 2.45) is 0 Å². The van der Waals surface area contributed by atoms with Crippen LogP contribution in [0.25, 0.3) is 11.1 Å². The van der Waals surface area contributed by atoms with Crippen molar-refractivity contribution in [2.75, 3.05) is 4.72 Å². The Balaban J connectivity index is 1.94. The van der Waals surface area contributed by atoms with E-state index in [4.69, 9.17) is 5.11 Å². The number of halogens is 2. The van der Waals surface area contributed by atoms with Gasteiger partial charge in [-0.2, -0.15) is 0 Å². The highest BCUT2D eigenvalue weighted by molar-refractivity contribution is 7.92. The molecule has 0 heterocycles. The summed E-state index contributed by atoms with van der Waals surface area (Å²) in [5, 5.41) is 18.6. The minimum absolute atomic E-state index is 0.0295. The number of sulfonamides is 1. The van der Waals surface area contributed by atoms with E-state index in [0.717, 1.165) is 18.2 Å². The van der Waals surface area contributed by atoms with Crippen LogP contribution >= 0.6 is 0 Å². The summed E-state index contributed by atoms with van der Waals surface area (Å²) < 4.78 is 54.5. The quantitative estimate of drug-likeness (QED) is 0.598. The summed E-state index contributed by atoms with van der Waals surface area (Å²) in [6.45, 7) is 0. The van der Waals surface area contributed by atoms with Gasteiger partial charge in [0.05, 0.1) is 10.6 Å². The molecule has 0 atom stereocenters. The lowest BCUT2D eigenvalue weighted by molar-refractivity contribution is 0.0693. The number of hydrogen-bond acceptors (Lipinski definition) is 4. The van der Waals surface area contributed by atoms with Crippen LogP contribution in [0.3, 0.4) is 0 Å². The number of phenols is 1. The second kappa shape index (κ2) is 7.28. The van der Waals surface area contributed by atoms with Crippen LogP contribution < -0.4 is 4.72 Å². The largest absolute Gasteiger partial charge is 0.507 e. The van der Waals surface area contributed by atoms with Gasteiger partial charge in [-0.15, -0.1) is 0 Å². The summed E-state index contributed by atoms with van der Waals surface area (Å²) in [5.41, 5.74) is -0.177. The zero-order valence-electron chi connectivity index (χ0n) is 14.1. The molecular weight excluding hydrogens is 392 g/mol. The van der Waals surface area contributed by atoms with Gasteiger partial charge in [0.25, 0.3) is 10.0 Å². The number of carbonyl (C=O) groups is 1. The molecule has 0 aliphatic carbocycles. The van der Waals surface area contributed by atoms with E-state index < -0.39 is 33.4 Å². The molecule has 0 fully saturated rings. The Labute approximate surface area is 158 Å². The molecule has 0 saturated heterocycles. The molecule has 3 rings (SSSR count). The first-order valence-corrected chi connectivity index (χ1v) is 9.30. The van der Waals surface area contributed by atoms with Gasteiger partial charge in [0.2, 0.25) is 0 Å². The van der Waals surface area contributed by atoms with Crippen molar-refractivity contribution in [3.05, 3.63) is 77.9 Å². The molecule has 0 spiro atoms. The van der Waals surface area contributed by atoms with E-state index in [1.165, 1.54) is 36.4 Å². The average Bonchev–Trinajstić information content (AvgIpc) is 2.61. The fraction of sp³-hybridized carbons (Fsp3) is 0. The van der Waals surface area contributed by atoms with Gasteiger partial charge in [-0.25, -0.2) is 22.0 Å². The third-order valence-corrected chi connectivity index (χ3v) is 5.25. The van der Waals surface area contributed by atoms with Gasteiger partial charge in [-0.05, 0) is 42.0 Å². The van der Waals surface area contributed by atoms with Crippen molar-refractivity contribution in [1.29, 1.82) is 0 Å². The number of carboxylic acid groups (broad SMARTS) is 1. The molecule has 3 N–H and O–H groups in total. The van der Waals surface area contributed by atoms with Crippen molar-refractivity contribution >= 4 is 21.7 Å². The first-order chi connectivity index (χ1) is 13.2. The van der Waals surface area contributed by atoms with Gasteiger partial charge in [0.15, 0.2) is 0 Å². The molecule has 0 bridgehead atoms. The Bertz CT molecular complexity index is 1180. The molecule has 0 radical (unpaired) electrons. The van der Waals surface area contributed by atoms with Gasteiger partial charge < -0.3 is 10.2 Å². The predicted molar refractivity (Wildman–Crippen MR) is 97.7 cm³/mol. The molecule has 3 aromatic carbocycles. The molecular formula is C19H13F2NO5S. The molecule has 9 heteroatoms. The number of nitrogens with one attached hydrogen (secondary N) is 1. The highest BCUT2D eigenvalue weighted by atomic mass is 32.2. The number of rotatable bonds is 5. The summed E-state index contributed by atoms with van der Waals surface area (Å²) in [6, 6.07) is 11.5. The second-order valence-corrected chi connectivity index (χ2v) is 7.48. The maximum Gasteiger partial charge on any atom is 0.339 e. The number of hydrogen-bond donors (Lipinski definition) is 3. The topological polar surface area (TPSA) is 104 Å². The molecule has 3 aromatic rings. The molecule has 0 amide bonds. The Hall–Kier alpha value is -3.46. The Kier molecular flexibility index (Phi) is 5.02. The first kappa shape index (κ1) is 19.3. The van der Waals surface area contributed by atoms with Crippen LogP contribution in [0.15, 0.2) is 65.6 Å². The van der Waals surface area contributed by atoms with E-state index in [0.29, 0.717) is 6.07 Å². The fourth-order valence-corrected chi connectivity index (χ4v) is 3.64. The van der Waals surface area contributed by atoms with Gasteiger partial charge >= 0.3 is 5.97 Å². The number of anilines is 1. The fourth-order valence-electron chi connectivity index (χ4n) is 2.54. The zero-order chi connectivity index (χ0) is 20.5. The van der Waals surface area contributed by atoms with E-state index in [9.17, 15) is 27.1 Å². The standard InChI is InChI=1S/C19H13F2NO5S/c20-12-4-6-15(17(21)9-12)11-2-1-3-14(8-11)28(26,27)22-13-5-7-16(19(24)25)18(23)10-13/h1-10,22-23H,(H,24,25). The highest BCUT2D eigenvalue weighted by Crippen LogP contribution is 2.28. The van der Waals surface area contributed by atoms with Crippen LogP contribution in [-0.2, 0) is 10.0 Å². The Morgan fingerprint density at radius 3 is 2.36 bits per heavy atom. The summed E-state index contributed by atoms with van der Waals surface area (Å²) in [5.74, 6) is -3.55.